The Kier molecular flexibility index (Phi) is 5.22. The van der Waals surface area contributed by atoms with Crippen LogP contribution in [-0.4, -0.2) is 68.8 Å². The summed E-state index contributed by atoms with van der Waals surface area (Å²) >= 11 is 0. The highest BCUT2D eigenvalue weighted by Gasteiger charge is 2.42. The van der Waals surface area contributed by atoms with E-state index in [0.717, 1.165) is 37.5 Å². The Labute approximate surface area is 181 Å². The van der Waals surface area contributed by atoms with Gasteiger partial charge in [0.05, 0.1) is 24.0 Å². The van der Waals surface area contributed by atoms with E-state index in [1.807, 2.05) is 31.7 Å². The summed E-state index contributed by atoms with van der Waals surface area (Å²) < 4.78 is 1.74. The van der Waals surface area contributed by atoms with Crippen molar-refractivity contribution in [3.8, 4) is 6.07 Å². The van der Waals surface area contributed by atoms with Gasteiger partial charge in [0.2, 0.25) is 5.96 Å². The van der Waals surface area contributed by atoms with Gasteiger partial charge in [-0.05, 0) is 25.0 Å². The van der Waals surface area contributed by atoms with E-state index in [1.54, 1.807) is 23.2 Å². The number of fused-ring (bicyclic) bond motifs is 2. The summed E-state index contributed by atoms with van der Waals surface area (Å²) in [7, 11) is 1.88. The van der Waals surface area contributed by atoms with Crippen molar-refractivity contribution in [3.05, 3.63) is 48.6 Å². The van der Waals surface area contributed by atoms with Crippen molar-refractivity contribution in [2.75, 3.05) is 18.4 Å². The van der Waals surface area contributed by atoms with Crippen molar-refractivity contribution in [3.63, 3.8) is 0 Å². The molecule has 158 valence electrons. The first-order valence-electron chi connectivity index (χ1n) is 10.6. The molecule has 31 heavy (non-hydrogen) atoms. The summed E-state index contributed by atoms with van der Waals surface area (Å²) in [5.41, 5.74) is 1.55. The minimum Gasteiger partial charge on any atom is -0.351 e. The number of piperazine rings is 1. The number of allylic oxidation sites excluding steroid dienone is 2. The zero-order chi connectivity index (χ0) is 21.2. The van der Waals surface area contributed by atoms with Crippen molar-refractivity contribution >= 4 is 23.7 Å². The fourth-order valence-corrected chi connectivity index (χ4v) is 4.71. The van der Waals surface area contributed by atoms with Crippen LogP contribution < -0.4 is 5.32 Å². The molecule has 2 saturated heterocycles. The molecule has 1 unspecified atom stereocenters. The molecule has 4 aliphatic heterocycles. The van der Waals surface area contributed by atoms with E-state index < -0.39 is 0 Å². The van der Waals surface area contributed by atoms with Crippen molar-refractivity contribution in [1.82, 2.24) is 19.6 Å². The topological polar surface area (TPSA) is 97.2 Å². The van der Waals surface area contributed by atoms with Crippen molar-refractivity contribution in [2.45, 2.75) is 37.4 Å². The first-order chi connectivity index (χ1) is 15.2. The number of hydrogen-bond donors (Lipinski definition) is 1. The molecule has 4 aliphatic rings. The Bertz CT molecular complexity index is 1050. The molecule has 9 heteroatoms. The molecule has 1 N–H and O–H groups in total. The molecule has 5 heterocycles. The molecule has 1 aromatic heterocycles. The smallest absolute Gasteiger partial charge is 0.226 e. The summed E-state index contributed by atoms with van der Waals surface area (Å²) in [6.45, 7) is 1.92. The minimum absolute atomic E-state index is 0.114. The van der Waals surface area contributed by atoms with Crippen molar-refractivity contribution < 1.29 is 0 Å². The number of likely N-dealkylation sites (tertiary alicyclic amines) is 1. The third-order valence-corrected chi connectivity index (χ3v) is 6.13. The van der Waals surface area contributed by atoms with Gasteiger partial charge in [-0.15, -0.1) is 0 Å². The number of nitriles is 1. The number of aliphatic imine (C=N–C) groups is 3. The molecule has 5 rings (SSSR count). The first kappa shape index (κ1) is 19.5. The molecular weight excluding hydrogens is 390 g/mol. The normalized spacial score (nSPS) is 27.8. The van der Waals surface area contributed by atoms with Gasteiger partial charge in [0.1, 0.15) is 5.84 Å². The standard InChI is InChI=1S/C22H25N9/c1-29-13-17(11-27-29)28-22-25-9-7-18(12-26-22)30-14-19-3-4-20(15-30)31(19)21-5-2-16(10-23)6-8-24-21/h2,6-9,11-13,18-20H,3-5,14-15H2,1H3,(H,25,28)/t18?,19-,20+. The molecule has 0 aromatic carbocycles. The quantitative estimate of drug-likeness (QED) is 0.798. The highest BCUT2D eigenvalue weighted by molar-refractivity contribution is 6.00. The van der Waals surface area contributed by atoms with E-state index in [-0.39, 0.29) is 6.04 Å². The molecule has 9 nitrogen and oxygen atoms in total. The number of nitrogens with zero attached hydrogens (tertiary/aromatic N) is 8. The lowest BCUT2D eigenvalue weighted by Gasteiger charge is -2.44. The van der Waals surface area contributed by atoms with Crippen LogP contribution in [0, 0.1) is 11.3 Å². The van der Waals surface area contributed by atoms with Crippen LogP contribution in [0.15, 0.2) is 63.6 Å². The summed E-state index contributed by atoms with van der Waals surface area (Å²) in [4.78, 5) is 18.6. The van der Waals surface area contributed by atoms with Crippen LogP contribution in [0.2, 0.25) is 0 Å². The van der Waals surface area contributed by atoms with Gasteiger partial charge in [-0.2, -0.15) is 10.4 Å². The number of amidine groups is 1. The number of anilines is 1. The van der Waals surface area contributed by atoms with E-state index in [1.165, 1.54) is 0 Å². The summed E-state index contributed by atoms with van der Waals surface area (Å²) in [5.74, 6) is 1.64. The highest BCUT2D eigenvalue weighted by atomic mass is 15.4. The number of aryl methyl sites for hydroxylation is 1. The fraction of sp³-hybridized carbons (Fsp3) is 0.409. The van der Waals surface area contributed by atoms with Crippen LogP contribution in [0.1, 0.15) is 19.3 Å². The van der Waals surface area contributed by atoms with Gasteiger partial charge < -0.3 is 10.2 Å². The number of nitrogens with one attached hydrogen (secondary N) is 1. The van der Waals surface area contributed by atoms with Crippen molar-refractivity contribution in [2.24, 2.45) is 22.0 Å². The minimum atomic E-state index is 0.114. The largest absolute Gasteiger partial charge is 0.351 e. The van der Waals surface area contributed by atoms with E-state index in [2.05, 4.69) is 47.3 Å². The first-order valence-corrected chi connectivity index (χ1v) is 10.6. The lowest BCUT2D eigenvalue weighted by molar-refractivity contribution is 0.117. The maximum Gasteiger partial charge on any atom is 0.226 e. The predicted molar refractivity (Wildman–Crippen MR) is 121 cm³/mol. The second-order valence-corrected chi connectivity index (χ2v) is 8.17. The third kappa shape index (κ3) is 4.07. The monoisotopic (exact) mass is 415 g/mol. The van der Waals surface area contributed by atoms with Gasteiger partial charge in [-0.25, -0.2) is 15.0 Å². The molecule has 0 radical (unpaired) electrons. The average Bonchev–Trinajstić information content (AvgIpc) is 3.09. The van der Waals surface area contributed by atoms with Gasteiger partial charge in [-0.3, -0.25) is 9.58 Å². The molecule has 0 aliphatic carbocycles. The molecular formula is C22H25N9. The molecule has 3 atom stereocenters. The van der Waals surface area contributed by atoms with E-state index >= 15 is 0 Å². The Morgan fingerprint density at radius 2 is 2.00 bits per heavy atom. The highest BCUT2D eigenvalue weighted by Crippen LogP contribution is 2.32. The number of guanidine groups is 1. The van der Waals surface area contributed by atoms with Crippen LogP contribution >= 0.6 is 0 Å². The predicted octanol–water partition coefficient (Wildman–Crippen LogP) is 2.07. The fourth-order valence-electron chi connectivity index (χ4n) is 4.71. The van der Waals surface area contributed by atoms with Crippen LogP contribution in [0.5, 0.6) is 0 Å². The summed E-state index contributed by atoms with van der Waals surface area (Å²) in [5, 5.41) is 16.5. The zero-order valence-corrected chi connectivity index (χ0v) is 17.5. The lowest BCUT2D eigenvalue weighted by atomic mass is 10.1. The Morgan fingerprint density at radius 3 is 2.74 bits per heavy atom. The number of hydrogen-bond acceptors (Lipinski definition) is 8. The molecule has 2 bridgehead atoms. The number of aromatic nitrogens is 2. The van der Waals surface area contributed by atoms with Gasteiger partial charge >= 0.3 is 0 Å². The van der Waals surface area contributed by atoms with Gasteiger partial charge in [0, 0.05) is 69.0 Å². The zero-order valence-electron chi connectivity index (χ0n) is 17.5. The Hall–Kier alpha value is -3.51. The summed E-state index contributed by atoms with van der Waals surface area (Å²) in [6, 6.07) is 3.19. The maximum atomic E-state index is 9.16. The second kappa shape index (κ2) is 8.32. The van der Waals surface area contributed by atoms with E-state index in [0.29, 0.717) is 30.0 Å². The van der Waals surface area contributed by atoms with E-state index in [9.17, 15) is 0 Å². The third-order valence-electron chi connectivity index (χ3n) is 6.13. The molecule has 1 aromatic rings. The molecule has 2 fully saturated rings. The SMILES string of the molecule is Cn1cc(NC2=NC=CC(N3C[C@H]4CC[C@@H](C3)N4C3=NC=CC(C#N)=CC3)C=N2)cn1. The van der Waals surface area contributed by atoms with Crippen LogP contribution in [0.3, 0.4) is 0 Å². The number of rotatable bonds is 2. The van der Waals surface area contributed by atoms with Gasteiger partial charge in [0.25, 0.3) is 0 Å². The second-order valence-electron chi connectivity index (χ2n) is 8.17. The summed E-state index contributed by atoms with van der Waals surface area (Å²) in [6.07, 6.45) is 18.1. The molecule has 0 amide bonds. The van der Waals surface area contributed by atoms with Crippen LogP contribution in [0.25, 0.3) is 0 Å². The molecule has 0 saturated carbocycles. The lowest BCUT2D eigenvalue weighted by Crippen LogP contribution is -2.58. The Balaban J connectivity index is 1.25. The van der Waals surface area contributed by atoms with Crippen molar-refractivity contribution in [1.29, 1.82) is 5.26 Å². The van der Waals surface area contributed by atoms with Crippen LogP contribution in [0.4, 0.5) is 5.69 Å². The Morgan fingerprint density at radius 1 is 1.16 bits per heavy atom. The van der Waals surface area contributed by atoms with Gasteiger partial charge in [-0.1, -0.05) is 6.08 Å². The van der Waals surface area contributed by atoms with E-state index in [4.69, 9.17) is 5.26 Å². The molecule has 0 spiro atoms. The van der Waals surface area contributed by atoms with Gasteiger partial charge in [0.15, 0.2) is 0 Å². The average molecular weight is 416 g/mol. The van der Waals surface area contributed by atoms with Crippen LogP contribution in [-0.2, 0) is 7.05 Å². The maximum absolute atomic E-state index is 9.16.